The molecule has 9 heteroatoms. The van der Waals surface area contributed by atoms with Crippen molar-refractivity contribution in [2.45, 2.75) is 64.8 Å². The zero-order chi connectivity index (χ0) is 26.1. The first-order chi connectivity index (χ1) is 17.1. The van der Waals surface area contributed by atoms with Gasteiger partial charge in [-0.2, -0.15) is 0 Å². The highest BCUT2D eigenvalue weighted by Gasteiger charge is 2.57. The van der Waals surface area contributed by atoms with Gasteiger partial charge in [0.2, 0.25) is 5.60 Å². The van der Waals surface area contributed by atoms with Crippen LogP contribution in [0.3, 0.4) is 0 Å². The minimum Gasteiger partial charge on any atom is -0.419 e. The number of carbonyl (C=O) groups excluding carboxylic acids is 3. The maximum atomic E-state index is 14.3. The van der Waals surface area contributed by atoms with Crippen molar-refractivity contribution in [1.29, 1.82) is 0 Å². The van der Waals surface area contributed by atoms with E-state index >= 15 is 0 Å². The summed E-state index contributed by atoms with van der Waals surface area (Å²) in [5.74, 6) is -5.17. The van der Waals surface area contributed by atoms with E-state index in [1.165, 1.54) is 0 Å². The van der Waals surface area contributed by atoms with E-state index in [9.17, 15) is 18.8 Å². The molecule has 2 aliphatic heterocycles. The van der Waals surface area contributed by atoms with Gasteiger partial charge < -0.3 is 14.3 Å². The molecular formula is C27H31FN2O6. The molecule has 0 unspecified atom stereocenters. The van der Waals surface area contributed by atoms with Crippen molar-refractivity contribution in [1.82, 2.24) is 4.98 Å². The molecule has 2 aromatic rings. The van der Waals surface area contributed by atoms with Gasteiger partial charge in [0.15, 0.2) is 12.5 Å². The number of halogens is 1. The number of nitrogens with zero attached hydrogens (tertiary/aromatic N) is 2. The normalized spacial score (nSPS) is 25.7. The van der Waals surface area contributed by atoms with Crippen LogP contribution in [0.1, 0.15) is 59.1 Å². The molecule has 0 radical (unpaired) electrons. The molecular weight excluding hydrogens is 467 g/mol. The smallest absolute Gasteiger partial charge is 0.309 e. The van der Waals surface area contributed by atoms with Crippen LogP contribution in [0.5, 0.6) is 0 Å². The number of alkyl halides is 1. The molecule has 1 aromatic heterocycles. The summed E-state index contributed by atoms with van der Waals surface area (Å²) in [5, 5.41) is 6.12. The second-order valence-electron chi connectivity index (χ2n) is 10.3. The van der Waals surface area contributed by atoms with Gasteiger partial charge in [-0.25, -0.2) is 4.39 Å². The number of oxime groups is 1. The number of esters is 2. The summed E-state index contributed by atoms with van der Waals surface area (Å²) in [5.41, 5.74) is -0.167. The lowest BCUT2D eigenvalue weighted by Crippen LogP contribution is -2.49. The number of Topliss-reactive ketones (excluding diaryl/α,β-unsaturated/α-hetero) is 1. The quantitative estimate of drug-likeness (QED) is 0.468. The summed E-state index contributed by atoms with van der Waals surface area (Å²) in [7, 11) is 0. The number of hydrogen-bond acceptors (Lipinski definition) is 8. The van der Waals surface area contributed by atoms with E-state index < -0.39 is 35.9 Å². The van der Waals surface area contributed by atoms with Crippen molar-refractivity contribution in [3.63, 3.8) is 0 Å². The fourth-order valence-electron chi connectivity index (χ4n) is 4.84. The number of pyridine rings is 1. The Labute approximate surface area is 209 Å². The van der Waals surface area contributed by atoms with Gasteiger partial charge in [0.1, 0.15) is 5.71 Å². The van der Waals surface area contributed by atoms with Gasteiger partial charge in [-0.3, -0.25) is 19.4 Å². The van der Waals surface area contributed by atoms with Gasteiger partial charge in [-0.05, 0) is 17.4 Å². The number of rotatable bonds is 9. The van der Waals surface area contributed by atoms with E-state index in [0.29, 0.717) is 11.4 Å². The summed E-state index contributed by atoms with van der Waals surface area (Å²) in [6.07, 6.45) is 1.38. The largest absolute Gasteiger partial charge is 0.419 e. The molecule has 3 atom stereocenters. The van der Waals surface area contributed by atoms with Crippen LogP contribution in [0.4, 0.5) is 4.39 Å². The maximum absolute atomic E-state index is 14.3. The van der Waals surface area contributed by atoms with E-state index in [4.69, 9.17) is 14.3 Å². The van der Waals surface area contributed by atoms with Crippen molar-refractivity contribution in [3.8, 4) is 0 Å². The molecule has 4 rings (SSSR count). The van der Waals surface area contributed by atoms with Crippen molar-refractivity contribution in [2.24, 2.45) is 22.9 Å². The van der Waals surface area contributed by atoms with E-state index in [1.807, 2.05) is 58.0 Å². The molecule has 0 bridgehead atoms. The first-order valence-electron chi connectivity index (χ1n) is 12.2. The third-order valence-electron chi connectivity index (χ3n) is 6.90. The van der Waals surface area contributed by atoms with Gasteiger partial charge in [0, 0.05) is 36.8 Å². The zero-order valence-corrected chi connectivity index (χ0v) is 21.0. The zero-order valence-electron chi connectivity index (χ0n) is 21.0. The third kappa shape index (κ3) is 4.70. The maximum Gasteiger partial charge on any atom is 0.309 e. The highest BCUT2D eigenvalue weighted by Crippen LogP contribution is 2.42. The second-order valence-corrected chi connectivity index (χ2v) is 10.3. The Bertz CT molecular complexity index is 1210. The number of ether oxygens (including phenoxy) is 2. The fourth-order valence-corrected chi connectivity index (χ4v) is 4.84. The lowest BCUT2D eigenvalue weighted by atomic mass is 9.77. The Hall–Kier alpha value is -3.36. The minimum atomic E-state index is -2.11. The number of fused-ring (bicyclic) bond motifs is 1. The van der Waals surface area contributed by atoms with Crippen LogP contribution in [0.15, 0.2) is 41.7 Å². The van der Waals surface area contributed by atoms with Crippen LogP contribution in [0, 0.1) is 17.8 Å². The molecule has 3 heterocycles. The Balaban J connectivity index is 1.58. The molecule has 36 heavy (non-hydrogen) atoms. The third-order valence-corrected chi connectivity index (χ3v) is 6.90. The van der Waals surface area contributed by atoms with Crippen LogP contribution < -0.4 is 0 Å². The molecule has 0 spiro atoms. The lowest BCUT2D eigenvalue weighted by Gasteiger charge is -2.33. The van der Waals surface area contributed by atoms with Gasteiger partial charge >= 0.3 is 11.9 Å². The second kappa shape index (κ2) is 9.95. The first kappa shape index (κ1) is 25.7. The average molecular weight is 499 g/mol. The van der Waals surface area contributed by atoms with Crippen LogP contribution >= 0.6 is 0 Å². The SMILES string of the molecule is CC(C)CC(=O)O[C@]1(CF)OC(=O)C[C@@H]1CC(=O)[C@]1(C(C)C)CC(c2nccc3ccccc23)=NO1. The molecule has 1 fully saturated rings. The van der Waals surface area contributed by atoms with Crippen LogP contribution in [-0.4, -0.2) is 46.5 Å². The van der Waals surface area contributed by atoms with Crippen molar-refractivity contribution in [3.05, 3.63) is 42.2 Å². The predicted molar refractivity (Wildman–Crippen MR) is 130 cm³/mol. The summed E-state index contributed by atoms with van der Waals surface area (Å²) in [6, 6.07) is 9.62. The number of ketones is 1. The molecule has 0 aliphatic carbocycles. The fraction of sp³-hybridized carbons (Fsp3) is 0.519. The van der Waals surface area contributed by atoms with Crippen molar-refractivity contribution < 1.29 is 33.1 Å². The van der Waals surface area contributed by atoms with E-state index in [2.05, 4.69) is 10.1 Å². The summed E-state index contributed by atoms with van der Waals surface area (Å²) in [6.45, 7) is 6.08. The number of carbonyl (C=O) groups is 3. The van der Waals surface area contributed by atoms with Crippen LogP contribution in [0.25, 0.3) is 10.8 Å². The predicted octanol–water partition coefficient (Wildman–Crippen LogP) is 4.53. The van der Waals surface area contributed by atoms with Gasteiger partial charge in [0.25, 0.3) is 5.79 Å². The summed E-state index contributed by atoms with van der Waals surface area (Å²) >= 11 is 0. The number of benzene rings is 1. The number of hydrogen-bond donors (Lipinski definition) is 0. The number of aromatic nitrogens is 1. The van der Waals surface area contributed by atoms with Crippen molar-refractivity contribution >= 4 is 34.2 Å². The standard InChI is InChI=1S/C27H31FN2O6/c1-16(2)11-23(32)34-27(15-28)19(13-24(33)35-27)12-22(31)26(17(3)4)14-21(30-36-26)25-20-8-6-5-7-18(20)9-10-29-25/h5-10,16-17,19H,11-15H2,1-4H3/t19-,26+,27+/m0/s1. The summed E-state index contributed by atoms with van der Waals surface area (Å²) < 4.78 is 24.8. The van der Waals surface area contributed by atoms with Gasteiger partial charge in [-0.15, -0.1) is 0 Å². The molecule has 0 saturated carbocycles. The molecule has 8 nitrogen and oxygen atoms in total. The molecule has 1 aromatic carbocycles. The highest BCUT2D eigenvalue weighted by atomic mass is 19.1. The number of cyclic esters (lactones) is 1. The Morgan fingerprint density at radius 2 is 1.94 bits per heavy atom. The van der Waals surface area contributed by atoms with Gasteiger partial charge in [-0.1, -0.05) is 57.1 Å². The van der Waals surface area contributed by atoms with Crippen molar-refractivity contribution in [2.75, 3.05) is 6.67 Å². The molecule has 0 N–H and O–H groups in total. The van der Waals surface area contributed by atoms with E-state index in [-0.39, 0.29) is 43.3 Å². The topological polar surface area (TPSA) is 104 Å². The summed E-state index contributed by atoms with van der Waals surface area (Å²) in [4.78, 5) is 48.5. The van der Waals surface area contributed by atoms with E-state index in [1.54, 1.807) is 6.20 Å². The van der Waals surface area contributed by atoms with Crippen LogP contribution in [0.2, 0.25) is 0 Å². The van der Waals surface area contributed by atoms with Gasteiger partial charge in [0.05, 0.1) is 18.0 Å². The highest BCUT2D eigenvalue weighted by molar-refractivity contribution is 6.12. The Morgan fingerprint density at radius 1 is 1.19 bits per heavy atom. The average Bonchev–Trinajstić information content (AvgIpc) is 3.41. The lowest BCUT2D eigenvalue weighted by molar-refractivity contribution is -0.233. The molecule has 2 aliphatic rings. The Morgan fingerprint density at radius 3 is 2.64 bits per heavy atom. The monoisotopic (exact) mass is 498 g/mol. The molecule has 192 valence electrons. The Kier molecular flexibility index (Phi) is 7.11. The first-order valence-corrected chi connectivity index (χ1v) is 12.2. The van der Waals surface area contributed by atoms with Crippen LogP contribution in [-0.2, 0) is 28.7 Å². The van der Waals surface area contributed by atoms with E-state index in [0.717, 1.165) is 10.8 Å². The molecule has 0 amide bonds. The minimum absolute atomic E-state index is 0.0271. The molecule has 1 saturated heterocycles.